The number of nitrogens with zero attached hydrogens (tertiary/aromatic N) is 3. The largest absolute Gasteiger partial charge is 0.356 e. The summed E-state index contributed by atoms with van der Waals surface area (Å²) in [6, 6.07) is 1.91. The van der Waals surface area contributed by atoms with Crippen molar-refractivity contribution in [2.24, 2.45) is 5.11 Å². The summed E-state index contributed by atoms with van der Waals surface area (Å²) in [4.78, 5) is 13.8. The number of thiophene rings is 1. The lowest BCUT2D eigenvalue weighted by Gasteiger charge is -2.00. The molecule has 1 rings (SSSR count). The Kier molecular flexibility index (Phi) is 4.54. The highest BCUT2D eigenvalue weighted by molar-refractivity contribution is 7.07. The standard InChI is InChI=1S/C8H10N4OS/c9-12-11-3-2-10-8(13)5-7-1-4-14-6-7/h1,4,6H,2-3,5H2,(H,10,13). The van der Waals surface area contributed by atoms with Gasteiger partial charge in [0.05, 0.1) is 6.42 Å². The number of amides is 1. The minimum atomic E-state index is -0.0449. The highest BCUT2D eigenvalue weighted by atomic mass is 32.1. The van der Waals surface area contributed by atoms with E-state index >= 15 is 0 Å². The van der Waals surface area contributed by atoms with Crippen LogP contribution in [-0.2, 0) is 11.2 Å². The van der Waals surface area contributed by atoms with Crippen molar-refractivity contribution in [3.05, 3.63) is 32.8 Å². The van der Waals surface area contributed by atoms with Gasteiger partial charge in [0.1, 0.15) is 0 Å². The van der Waals surface area contributed by atoms with Gasteiger partial charge < -0.3 is 5.32 Å². The maximum atomic E-state index is 11.2. The summed E-state index contributed by atoms with van der Waals surface area (Å²) in [7, 11) is 0. The Labute approximate surface area is 85.4 Å². The van der Waals surface area contributed by atoms with E-state index in [1.807, 2.05) is 16.8 Å². The highest BCUT2D eigenvalue weighted by Gasteiger charge is 2.01. The Morgan fingerprint density at radius 2 is 2.57 bits per heavy atom. The zero-order valence-corrected chi connectivity index (χ0v) is 8.33. The minimum absolute atomic E-state index is 0.0449. The first-order valence-electron chi connectivity index (χ1n) is 4.11. The number of rotatable bonds is 5. The Hall–Kier alpha value is -1.52. The second kappa shape index (κ2) is 6.01. The van der Waals surface area contributed by atoms with Crippen LogP contribution in [0, 0.1) is 0 Å². The van der Waals surface area contributed by atoms with E-state index in [4.69, 9.17) is 5.53 Å². The lowest BCUT2D eigenvalue weighted by Crippen LogP contribution is -2.27. The summed E-state index contributed by atoms with van der Waals surface area (Å²) in [6.07, 6.45) is 0.389. The molecule has 0 aliphatic heterocycles. The van der Waals surface area contributed by atoms with Crippen molar-refractivity contribution in [3.63, 3.8) is 0 Å². The average molecular weight is 210 g/mol. The first kappa shape index (κ1) is 10.6. The van der Waals surface area contributed by atoms with E-state index in [1.165, 1.54) is 0 Å². The summed E-state index contributed by atoms with van der Waals surface area (Å²) in [6.45, 7) is 0.693. The maximum absolute atomic E-state index is 11.2. The Balaban J connectivity index is 2.20. The zero-order valence-electron chi connectivity index (χ0n) is 7.51. The minimum Gasteiger partial charge on any atom is -0.356 e. The van der Waals surface area contributed by atoms with Gasteiger partial charge in [-0.05, 0) is 27.9 Å². The van der Waals surface area contributed by atoms with Gasteiger partial charge in [0.25, 0.3) is 0 Å². The molecule has 0 aliphatic carbocycles. The number of azide groups is 1. The summed E-state index contributed by atoms with van der Waals surface area (Å²) in [5.41, 5.74) is 9.00. The molecule has 0 spiro atoms. The average Bonchev–Trinajstić information content (AvgIpc) is 2.65. The SMILES string of the molecule is [N-]=[N+]=NCCNC(=O)Cc1ccsc1. The third-order valence-electron chi connectivity index (χ3n) is 1.54. The fourth-order valence-corrected chi connectivity index (χ4v) is 1.60. The number of hydrogen-bond donors (Lipinski definition) is 1. The second-order valence-electron chi connectivity index (χ2n) is 2.61. The van der Waals surface area contributed by atoms with Gasteiger partial charge in [0, 0.05) is 18.0 Å². The van der Waals surface area contributed by atoms with Crippen LogP contribution in [0.4, 0.5) is 0 Å². The van der Waals surface area contributed by atoms with Gasteiger partial charge in [-0.2, -0.15) is 11.3 Å². The molecular formula is C8H10N4OS. The Bertz CT molecular complexity index is 329. The molecule has 0 atom stereocenters. The van der Waals surface area contributed by atoms with E-state index in [2.05, 4.69) is 15.3 Å². The summed E-state index contributed by atoms with van der Waals surface area (Å²) < 4.78 is 0. The smallest absolute Gasteiger partial charge is 0.224 e. The van der Waals surface area contributed by atoms with E-state index in [0.717, 1.165) is 5.56 Å². The van der Waals surface area contributed by atoms with E-state index in [9.17, 15) is 4.79 Å². The molecular weight excluding hydrogens is 200 g/mol. The molecule has 0 bridgehead atoms. The topological polar surface area (TPSA) is 77.9 Å². The van der Waals surface area contributed by atoms with Gasteiger partial charge in [-0.15, -0.1) is 0 Å². The van der Waals surface area contributed by atoms with Crippen LogP contribution < -0.4 is 5.32 Å². The third-order valence-corrected chi connectivity index (χ3v) is 2.27. The number of nitrogens with one attached hydrogen (secondary N) is 1. The fourth-order valence-electron chi connectivity index (χ4n) is 0.931. The van der Waals surface area contributed by atoms with Gasteiger partial charge in [0.15, 0.2) is 0 Å². The molecule has 1 N–H and O–H groups in total. The van der Waals surface area contributed by atoms with Crippen molar-refractivity contribution in [2.75, 3.05) is 13.1 Å². The molecule has 1 aromatic heterocycles. The molecule has 0 aliphatic rings. The molecule has 6 heteroatoms. The van der Waals surface area contributed by atoms with E-state index in [1.54, 1.807) is 11.3 Å². The molecule has 0 saturated carbocycles. The van der Waals surface area contributed by atoms with Crippen LogP contribution in [0.3, 0.4) is 0 Å². The first-order valence-corrected chi connectivity index (χ1v) is 5.06. The van der Waals surface area contributed by atoms with Gasteiger partial charge in [0.2, 0.25) is 5.91 Å². The predicted molar refractivity (Wildman–Crippen MR) is 55.0 cm³/mol. The number of carbonyl (C=O) groups excluding carboxylic acids is 1. The van der Waals surface area contributed by atoms with Crippen molar-refractivity contribution in [2.45, 2.75) is 6.42 Å². The van der Waals surface area contributed by atoms with Crippen LogP contribution in [-0.4, -0.2) is 19.0 Å². The molecule has 5 nitrogen and oxygen atoms in total. The van der Waals surface area contributed by atoms with E-state index in [0.29, 0.717) is 19.5 Å². The van der Waals surface area contributed by atoms with Crippen LogP contribution in [0.1, 0.15) is 5.56 Å². The van der Waals surface area contributed by atoms with Crippen molar-refractivity contribution < 1.29 is 4.79 Å². The summed E-state index contributed by atoms with van der Waals surface area (Å²) in [5.74, 6) is -0.0449. The molecule has 0 aromatic carbocycles. The van der Waals surface area contributed by atoms with Gasteiger partial charge in [-0.1, -0.05) is 5.11 Å². The molecule has 0 unspecified atom stereocenters. The van der Waals surface area contributed by atoms with Crippen molar-refractivity contribution in [3.8, 4) is 0 Å². The second-order valence-corrected chi connectivity index (χ2v) is 3.39. The molecule has 14 heavy (non-hydrogen) atoms. The molecule has 0 radical (unpaired) electrons. The molecule has 1 heterocycles. The van der Waals surface area contributed by atoms with Crippen molar-refractivity contribution >= 4 is 17.2 Å². The highest BCUT2D eigenvalue weighted by Crippen LogP contribution is 2.05. The lowest BCUT2D eigenvalue weighted by molar-refractivity contribution is -0.120. The van der Waals surface area contributed by atoms with Gasteiger partial charge >= 0.3 is 0 Å². The van der Waals surface area contributed by atoms with Crippen LogP contribution in [0.15, 0.2) is 21.9 Å². The fraction of sp³-hybridized carbons (Fsp3) is 0.375. The normalized spacial score (nSPS) is 9.14. The van der Waals surface area contributed by atoms with Crippen LogP contribution >= 0.6 is 11.3 Å². The van der Waals surface area contributed by atoms with Crippen molar-refractivity contribution in [1.29, 1.82) is 0 Å². The molecule has 1 aromatic rings. The third kappa shape index (κ3) is 3.93. The molecule has 0 saturated heterocycles. The Morgan fingerprint density at radius 3 is 3.21 bits per heavy atom. The van der Waals surface area contributed by atoms with E-state index < -0.39 is 0 Å². The first-order chi connectivity index (χ1) is 6.83. The van der Waals surface area contributed by atoms with Gasteiger partial charge in [-0.3, -0.25) is 4.79 Å². The monoisotopic (exact) mass is 210 g/mol. The number of carbonyl (C=O) groups is 1. The summed E-state index contributed by atoms with van der Waals surface area (Å²) >= 11 is 1.57. The van der Waals surface area contributed by atoms with Crippen LogP contribution in [0.5, 0.6) is 0 Å². The zero-order chi connectivity index (χ0) is 10.2. The summed E-state index contributed by atoms with van der Waals surface area (Å²) in [5, 5.41) is 9.84. The lowest BCUT2D eigenvalue weighted by atomic mass is 10.2. The molecule has 74 valence electrons. The number of hydrogen-bond acceptors (Lipinski definition) is 3. The maximum Gasteiger partial charge on any atom is 0.224 e. The quantitative estimate of drug-likeness (QED) is 0.341. The molecule has 1 amide bonds. The Morgan fingerprint density at radius 1 is 1.71 bits per heavy atom. The van der Waals surface area contributed by atoms with Gasteiger partial charge in [-0.25, -0.2) is 0 Å². The van der Waals surface area contributed by atoms with Crippen LogP contribution in [0.25, 0.3) is 10.4 Å². The predicted octanol–water partition coefficient (Wildman–Crippen LogP) is 1.72. The molecule has 0 fully saturated rings. The van der Waals surface area contributed by atoms with Crippen LogP contribution in [0.2, 0.25) is 0 Å². The van der Waals surface area contributed by atoms with Crippen molar-refractivity contribution in [1.82, 2.24) is 5.32 Å². The van der Waals surface area contributed by atoms with E-state index in [-0.39, 0.29) is 5.91 Å².